The van der Waals surface area contributed by atoms with Gasteiger partial charge in [-0.2, -0.15) is 0 Å². The second-order valence-corrected chi connectivity index (χ2v) is 9.29. The number of amides is 1. The lowest BCUT2D eigenvalue weighted by Crippen LogP contribution is -2.43. The first-order chi connectivity index (χ1) is 16.5. The lowest BCUT2D eigenvalue weighted by molar-refractivity contribution is -0.116. The van der Waals surface area contributed by atoms with Gasteiger partial charge in [-0.05, 0) is 37.6 Å². The van der Waals surface area contributed by atoms with E-state index in [0.29, 0.717) is 22.7 Å². The Labute approximate surface area is 200 Å². The molecule has 0 aliphatic heterocycles. The lowest BCUT2D eigenvalue weighted by atomic mass is 10.2. The fourth-order valence-corrected chi connectivity index (χ4v) is 5.20. The Morgan fingerprint density at radius 2 is 1.97 bits per heavy atom. The first-order valence-corrected chi connectivity index (χ1v) is 12.6. The predicted octanol–water partition coefficient (Wildman–Crippen LogP) is 3.15. The van der Waals surface area contributed by atoms with Crippen LogP contribution >= 0.6 is 11.3 Å². The first kappa shape index (κ1) is 23.9. The minimum atomic E-state index is -0.569. The molecule has 4 rings (SSSR count). The van der Waals surface area contributed by atoms with Crippen LogP contribution in [0.2, 0.25) is 0 Å². The summed E-state index contributed by atoms with van der Waals surface area (Å²) in [5.41, 5.74) is -0.116. The van der Waals surface area contributed by atoms with E-state index in [4.69, 9.17) is 4.74 Å². The topological polar surface area (TPSA) is 117 Å². The van der Waals surface area contributed by atoms with Crippen molar-refractivity contribution in [2.45, 2.75) is 71.5 Å². The third-order valence-corrected chi connectivity index (χ3v) is 6.94. The highest BCUT2D eigenvalue weighted by Crippen LogP contribution is 2.31. The van der Waals surface area contributed by atoms with Crippen LogP contribution in [0.3, 0.4) is 0 Å². The van der Waals surface area contributed by atoms with E-state index in [0.717, 1.165) is 43.1 Å². The van der Waals surface area contributed by atoms with Gasteiger partial charge in [0, 0.05) is 12.6 Å². The summed E-state index contributed by atoms with van der Waals surface area (Å²) in [6.07, 6.45) is 7.33. The maximum atomic E-state index is 13.4. The standard InChI is InChI=1S/C23H29N5O5S/c1-3-5-11-26-19-18(28(14-24-19)15-8-6-7-9-15)21(30)27(23(26)32)13-17(29)25-20-16(10-12-34-20)22(31)33-4-2/h10,12,14-15H,3-9,11,13H2,1-2H3,(H,25,29). The largest absolute Gasteiger partial charge is 0.462 e. The van der Waals surface area contributed by atoms with Crippen LogP contribution in [-0.2, 0) is 22.6 Å². The molecule has 1 N–H and O–H groups in total. The molecule has 1 saturated carbocycles. The number of imidazole rings is 1. The summed E-state index contributed by atoms with van der Waals surface area (Å²) < 4.78 is 9.36. The molecular formula is C23H29N5O5S. The number of rotatable bonds is 9. The van der Waals surface area contributed by atoms with Crippen molar-refractivity contribution in [1.29, 1.82) is 0 Å². The SMILES string of the molecule is CCCCn1c(=O)n(CC(=O)Nc2sccc2C(=O)OCC)c(=O)c2c1ncn2C1CCCC1. The highest BCUT2D eigenvalue weighted by molar-refractivity contribution is 7.14. The Bertz CT molecular complexity index is 1310. The Morgan fingerprint density at radius 3 is 2.68 bits per heavy atom. The van der Waals surface area contributed by atoms with Gasteiger partial charge in [-0.25, -0.2) is 19.1 Å². The maximum absolute atomic E-state index is 13.4. The first-order valence-electron chi connectivity index (χ1n) is 11.7. The van der Waals surface area contributed by atoms with Crippen LogP contribution in [0.5, 0.6) is 0 Å². The number of nitrogens with zero attached hydrogens (tertiary/aromatic N) is 4. The number of carbonyl (C=O) groups is 2. The van der Waals surface area contributed by atoms with Crippen molar-refractivity contribution in [2.75, 3.05) is 11.9 Å². The quantitative estimate of drug-likeness (QED) is 0.464. The van der Waals surface area contributed by atoms with Crippen LogP contribution in [0, 0.1) is 0 Å². The van der Waals surface area contributed by atoms with Crippen molar-refractivity contribution in [3.63, 3.8) is 0 Å². The zero-order chi connectivity index (χ0) is 24.2. The lowest BCUT2D eigenvalue weighted by Gasteiger charge is -2.15. The van der Waals surface area contributed by atoms with Crippen molar-refractivity contribution in [2.24, 2.45) is 0 Å². The van der Waals surface area contributed by atoms with E-state index < -0.39 is 29.7 Å². The number of hydrogen-bond donors (Lipinski definition) is 1. The van der Waals surface area contributed by atoms with Gasteiger partial charge in [0.25, 0.3) is 5.56 Å². The number of esters is 1. The summed E-state index contributed by atoms with van der Waals surface area (Å²) in [5, 5.41) is 4.64. The summed E-state index contributed by atoms with van der Waals surface area (Å²) in [5.74, 6) is -1.11. The molecule has 1 fully saturated rings. The number of hydrogen-bond acceptors (Lipinski definition) is 7. The number of carbonyl (C=O) groups excluding carboxylic acids is 2. The van der Waals surface area contributed by atoms with Gasteiger partial charge in [0.2, 0.25) is 5.91 Å². The van der Waals surface area contributed by atoms with Crippen LogP contribution < -0.4 is 16.6 Å². The average molecular weight is 488 g/mol. The minimum Gasteiger partial charge on any atom is -0.462 e. The molecule has 0 radical (unpaired) electrons. The van der Waals surface area contributed by atoms with E-state index in [1.807, 2.05) is 11.5 Å². The summed E-state index contributed by atoms with van der Waals surface area (Å²) in [6, 6.07) is 1.73. The van der Waals surface area contributed by atoms with E-state index in [2.05, 4.69) is 10.3 Å². The van der Waals surface area contributed by atoms with Gasteiger partial charge < -0.3 is 14.6 Å². The number of fused-ring (bicyclic) bond motifs is 1. The Kier molecular flexibility index (Phi) is 7.30. The normalized spacial score (nSPS) is 14.1. The number of ether oxygens (including phenoxy) is 1. The summed E-state index contributed by atoms with van der Waals surface area (Å²) >= 11 is 1.17. The van der Waals surface area contributed by atoms with E-state index in [-0.39, 0.29) is 18.2 Å². The molecule has 10 nitrogen and oxygen atoms in total. The molecule has 0 atom stereocenters. The summed E-state index contributed by atoms with van der Waals surface area (Å²) in [6.45, 7) is 3.88. The van der Waals surface area contributed by atoms with Crippen molar-refractivity contribution >= 4 is 39.4 Å². The van der Waals surface area contributed by atoms with Crippen molar-refractivity contribution in [3.8, 4) is 0 Å². The molecule has 1 amide bonds. The highest BCUT2D eigenvalue weighted by Gasteiger charge is 2.25. The van der Waals surface area contributed by atoms with Crippen molar-refractivity contribution in [1.82, 2.24) is 18.7 Å². The number of aryl methyl sites for hydroxylation is 1. The molecule has 34 heavy (non-hydrogen) atoms. The van der Waals surface area contributed by atoms with E-state index in [1.54, 1.807) is 24.7 Å². The highest BCUT2D eigenvalue weighted by atomic mass is 32.1. The maximum Gasteiger partial charge on any atom is 0.341 e. The fourth-order valence-electron chi connectivity index (χ4n) is 4.41. The molecule has 1 aliphatic carbocycles. The Hall–Kier alpha value is -3.21. The van der Waals surface area contributed by atoms with E-state index in [1.165, 1.54) is 15.9 Å². The summed E-state index contributed by atoms with van der Waals surface area (Å²) in [7, 11) is 0. The second kappa shape index (κ2) is 10.4. The molecule has 182 valence electrons. The second-order valence-electron chi connectivity index (χ2n) is 8.37. The number of thiophene rings is 1. The summed E-state index contributed by atoms with van der Waals surface area (Å²) in [4.78, 5) is 56.1. The zero-order valence-corrected chi connectivity index (χ0v) is 20.2. The third-order valence-electron chi connectivity index (χ3n) is 6.11. The molecule has 0 unspecified atom stereocenters. The molecule has 3 aromatic heterocycles. The van der Waals surface area contributed by atoms with Crippen LogP contribution in [0.4, 0.5) is 5.00 Å². The molecule has 0 saturated heterocycles. The van der Waals surface area contributed by atoms with Crippen LogP contribution in [0.25, 0.3) is 11.2 Å². The predicted molar refractivity (Wildman–Crippen MR) is 130 cm³/mol. The van der Waals surface area contributed by atoms with Crippen LogP contribution in [-0.4, -0.2) is 37.2 Å². The Morgan fingerprint density at radius 1 is 1.21 bits per heavy atom. The van der Waals surface area contributed by atoms with Gasteiger partial charge in [0.05, 0.1) is 18.5 Å². The van der Waals surface area contributed by atoms with Gasteiger partial charge in [-0.3, -0.25) is 14.2 Å². The minimum absolute atomic E-state index is 0.162. The number of unbranched alkanes of at least 4 members (excludes halogenated alkanes) is 1. The molecule has 0 bridgehead atoms. The van der Waals surface area contributed by atoms with E-state index in [9.17, 15) is 19.2 Å². The van der Waals surface area contributed by atoms with Gasteiger partial charge >= 0.3 is 11.7 Å². The smallest absolute Gasteiger partial charge is 0.341 e. The third kappa shape index (κ3) is 4.56. The van der Waals surface area contributed by atoms with Gasteiger partial charge in [-0.1, -0.05) is 26.2 Å². The van der Waals surface area contributed by atoms with Crippen LogP contribution in [0.1, 0.15) is 68.8 Å². The van der Waals surface area contributed by atoms with Gasteiger partial charge in [0.1, 0.15) is 11.5 Å². The molecule has 3 heterocycles. The molecule has 1 aliphatic rings. The molecular weight excluding hydrogens is 458 g/mol. The molecule has 0 aromatic carbocycles. The Balaban J connectivity index is 1.71. The molecule has 3 aromatic rings. The van der Waals surface area contributed by atoms with E-state index >= 15 is 0 Å². The number of anilines is 1. The zero-order valence-electron chi connectivity index (χ0n) is 19.4. The molecule has 0 spiro atoms. The number of nitrogens with one attached hydrogen (secondary N) is 1. The number of aromatic nitrogens is 4. The monoisotopic (exact) mass is 487 g/mol. The fraction of sp³-hybridized carbons (Fsp3) is 0.522. The van der Waals surface area contributed by atoms with Gasteiger partial charge in [0.15, 0.2) is 11.2 Å². The average Bonchev–Trinajstić information content (AvgIpc) is 3.57. The van der Waals surface area contributed by atoms with Crippen molar-refractivity contribution < 1.29 is 14.3 Å². The van der Waals surface area contributed by atoms with Gasteiger partial charge in [-0.15, -0.1) is 11.3 Å². The molecule has 11 heteroatoms. The van der Waals surface area contributed by atoms with Crippen LogP contribution in [0.15, 0.2) is 27.4 Å². The van der Waals surface area contributed by atoms with Crippen molar-refractivity contribution in [3.05, 3.63) is 44.2 Å².